The fourth-order valence-electron chi connectivity index (χ4n) is 1.78. The van der Waals surface area contributed by atoms with Crippen molar-refractivity contribution < 1.29 is 4.74 Å². The first-order valence-electron chi connectivity index (χ1n) is 6.51. The molecule has 2 aromatic rings. The van der Waals surface area contributed by atoms with Crippen LogP contribution in [0.4, 0.5) is 5.13 Å². The van der Waals surface area contributed by atoms with Gasteiger partial charge in [0.2, 0.25) is 0 Å². The average molecular weight is 296 g/mol. The van der Waals surface area contributed by atoms with E-state index in [2.05, 4.69) is 24.1 Å². The summed E-state index contributed by atoms with van der Waals surface area (Å²) in [5.41, 5.74) is 1.03. The Balaban J connectivity index is 2.00. The van der Waals surface area contributed by atoms with Crippen LogP contribution in [0.15, 0.2) is 18.2 Å². The number of hydrogen-bond donors (Lipinski definition) is 1. The lowest BCUT2D eigenvalue weighted by molar-refractivity contribution is 0.415. The van der Waals surface area contributed by atoms with Gasteiger partial charge in [-0.3, -0.25) is 0 Å². The Morgan fingerprint density at radius 2 is 2.32 bits per heavy atom. The smallest absolute Gasteiger partial charge is 0.184 e. The first-order valence-corrected chi connectivity index (χ1v) is 8.49. The van der Waals surface area contributed by atoms with Crippen LogP contribution >= 0.6 is 23.1 Å². The van der Waals surface area contributed by atoms with Crippen molar-refractivity contribution in [3.8, 4) is 5.75 Å². The third-order valence-electron chi connectivity index (χ3n) is 2.86. The van der Waals surface area contributed by atoms with Crippen LogP contribution in [-0.4, -0.2) is 29.6 Å². The second-order valence-corrected chi connectivity index (χ2v) is 6.81. The molecule has 0 saturated heterocycles. The quantitative estimate of drug-likeness (QED) is 0.775. The van der Waals surface area contributed by atoms with Crippen molar-refractivity contribution in [1.29, 1.82) is 0 Å². The predicted octanol–water partition coefficient (Wildman–Crippen LogP) is 4.25. The van der Waals surface area contributed by atoms with Crippen molar-refractivity contribution in [2.45, 2.75) is 26.3 Å². The Morgan fingerprint density at radius 1 is 1.47 bits per heavy atom. The summed E-state index contributed by atoms with van der Waals surface area (Å²) in [5.74, 6) is 3.27. The second-order valence-electron chi connectivity index (χ2n) is 4.38. The van der Waals surface area contributed by atoms with Gasteiger partial charge in [0.1, 0.15) is 5.75 Å². The largest absolute Gasteiger partial charge is 0.497 e. The van der Waals surface area contributed by atoms with Gasteiger partial charge in [-0.25, -0.2) is 4.98 Å². The van der Waals surface area contributed by atoms with Crippen molar-refractivity contribution in [2.75, 3.05) is 23.9 Å². The number of fused-ring (bicyclic) bond motifs is 1. The molecule has 19 heavy (non-hydrogen) atoms. The number of hydrogen-bond acceptors (Lipinski definition) is 5. The van der Waals surface area contributed by atoms with Crippen LogP contribution in [0.25, 0.3) is 10.2 Å². The van der Waals surface area contributed by atoms with Crippen molar-refractivity contribution in [1.82, 2.24) is 4.98 Å². The van der Waals surface area contributed by atoms with Gasteiger partial charge in [-0.1, -0.05) is 18.3 Å². The van der Waals surface area contributed by atoms with E-state index in [0.29, 0.717) is 6.04 Å². The van der Waals surface area contributed by atoms with Gasteiger partial charge in [-0.15, -0.1) is 0 Å². The Labute approximate surface area is 122 Å². The van der Waals surface area contributed by atoms with Crippen LogP contribution in [0, 0.1) is 0 Å². The topological polar surface area (TPSA) is 34.2 Å². The zero-order chi connectivity index (χ0) is 13.7. The van der Waals surface area contributed by atoms with E-state index in [9.17, 15) is 0 Å². The Kier molecular flexibility index (Phi) is 5.34. The summed E-state index contributed by atoms with van der Waals surface area (Å²) in [6, 6.07) is 6.46. The van der Waals surface area contributed by atoms with E-state index in [0.717, 1.165) is 27.5 Å². The molecule has 5 heteroatoms. The van der Waals surface area contributed by atoms with E-state index in [1.165, 1.54) is 11.5 Å². The van der Waals surface area contributed by atoms with Crippen LogP contribution in [0.5, 0.6) is 5.75 Å². The Morgan fingerprint density at radius 3 is 3.05 bits per heavy atom. The van der Waals surface area contributed by atoms with Crippen molar-refractivity contribution in [3.05, 3.63) is 18.2 Å². The zero-order valence-electron chi connectivity index (χ0n) is 11.6. The average Bonchev–Trinajstić information content (AvgIpc) is 2.79. The molecule has 0 spiro atoms. The number of methoxy groups -OCH3 is 1. The van der Waals surface area contributed by atoms with Crippen LogP contribution < -0.4 is 10.1 Å². The number of nitrogens with one attached hydrogen (secondary N) is 1. The summed E-state index contributed by atoms with van der Waals surface area (Å²) in [5, 5.41) is 4.48. The molecule has 3 nitrogen and oxygen atoms in total. The van der Waals surface area contributed by atoms with Gasteiger partial charge in [-0.05, 0) is 43.0 Å². The first kappa shape index (κ1) is 14.5. The number of thioether (sulfide) groups is 1. The molecule has 104 valence electrons. The van der Waals surface area contributed by atoms with E-state index >= 15 is 0 Å². The maximum atomic E-state index is 5.23. The van der Waals surface area contributed by atoms with Gasteiger partial charge in [0, 0.05) is 6.04 Å². The van der Waals surface area contributed by atoms with E-state index < -0.39 is 0 Å². The highest BCUT2D eigenvalue weighted by Crippen LogP contribution is 2.29. The van der Waals surface area contributed by atoms with E-state index in [1.807, 2.05) is 30.0 Å². The number of nitrogens with zero attached hydrogens (tertiary/aromatic N) is 1. The van der Waals surface area contributed by atoms with E-state index in [4.69, 9.17) is 4.74 Å². The van der Waals surface area contributed by atoms with Gasteiger partial charge in [0.25, 0.3) is 0 Å². The highest BCUT2D eigenvalue weighted by molar-refractivity contribution is 7.99. The minimum absolute atomic E-state index is 0.460. The fourth-order valence-corrected chi connectivity index (χ4v) is 3.60. The monoisotopic (exact) mass is 296 g/mol. The maximum absolute atomic E-state index is 5.23. The zero-order valence-corrected chi connectivity index (χ0v) is 13.2. The summed E-state index contributed by atoms with van der Waals surface area (Å²) < 4.78 is 6.40. The summed E-state index contributed by atoms with van der Waals surface area (Å²) in [6.45, 7) is 4.41. The molecule has 0 amide bonds. The van der Waals surface area contributed by atoms with Gasteiger partial charge < -0.3 is 10.1 Å². The second kappa shape index (κ2) is 7.01. The molecule has 1 aromatic heterocycles. The highest BCUT2D eigenvalue weighted by Gasteiger charge is 2.08. The molecular formula is C14H20N2OS2. The predicted molar refractivity (Wildman–Crippen MR) is 86.9 cm³/mol. The lowest BCUT2D eigenvalue weighted by Gasteiger charge is -2.11. The van der Waals surface area contributed by atoms with Crippen LogP contribution in [0.2, 0.25) is 0 Å². The van der Waals surface area contributed by atoms with Crippen molar-refractivity contribution >= 4 is 38.4 Å². The number of anilines is 1. The van der Waals surface area contributed by atoms with E-state index in [1.54, 1.807) is 18.4 Å². The molecule has 1 aromatic carbocycles. The molecule has 2 rings (SSSR count). The van der Waals surface area contributed by atoms with E-state index in [-0.39, 0.29) is 0 Å². The van der Waals surface area contributed by atoms with Gasteiger partial charge >= 0.3 is 0 Å². The summed E-state index contributed by atoms with van der Waals surface area (Å²) >= 11 is 3.67. The third-order valence-corrected chi connectivity index (χ3v) is 4.75. The van der Waals surface area contributed by atoms with Gasteiger partial charge in [-0.2, -0.15) is 11.8 Å². The number of ether oxygens (including phenoxy) is 1. The van der Waals surface area contributed by atoms with Crippen molar-refractivity contribution in [3.63, 3.8) is 0 Å². The molecule has 0 fully saturated rings. The van der Waals surface area contributed by atoms with Gasteiger partial charge in [0.05, 0.1) is 17.3 Å². The highest BCUT2D eigenvalue weighted by atomic mass is 32.2. The molecule has 0 radical (unpaired) electrons. The molecule has 0 aliphatic heterocycles. The third kappa shape index (κ3) is 4.01. The minimum atomic E-state index is 0.460. The standard InChI is InChI=1S/C14H20N2OS2/c1-4-18-8-7-10(2)15-14-16-12-6-5-11(17-3)9-13(12)19-14/h5-6,9-10H,4,7-8H2,1-3H3,(H,15,16). The summed E-state index contributed by atoms with van der Waals surface area (Å²) in [6.07, 6.45) is 1.16. The molecule has 0 saturated carbocycles. The summed E-state index contributed by atoms with van der Waals surface area (Å²) in [4.78, 5) is 4.60. The summed E-state index contributed by atoms with van der Waals surface area (Å²) in [7, 11) is 1.69. The van der Waals surface area contributed by atoms with Crippen LogP contribution in [0.1, 0.15) is 20.3 Å². The minimum Gasteiger partial charge on any atom is -0.497 e. The van der Waals surface area contributed by atoms with Crippen molar-refractivity contribution in [2.24, 2.45) is 0 Å². The SMILES string of the molecule is CCSCCC(C)Nc1nc2ccc(OC)cc2s1. The fraction of sp³-hybridized carbons (Fsp3) is 0.500. The molecule has 1 atom stereocenters. The number of rotatable bonds is 7. The molecule has 0 aliphatic carbocycles. The molecule has 1 unspecified atom stereocenters. The van der Waals surface area contributed by atoms with Gasteiger partial charge in [0.15, 0.2) is 5.13 Å². The lowest BCUT2D eigenvalue weighted by atomic mass is 10.3. The first-order chi connectivity index (χ1) is 9.22. The lowest BCUT2D eigenvalue weighted by Crippen LogP contribution is -2.15. The number of benzene rings is 1. The maximum Gasteiger partial charge on any atom is 0.184 e. The van der Waals surface area contributed by atoms with Crippen LogP contribution in [0.3, 0.4) is 0 Å². The number of aromatic nitrogens is 1. The molecule has 1 heterocycles. The Hall–Kier alpha value is -0.940. The van der Waals surface area contributed by atoms with Crippen LogP contribution in [-0.2, 0) is 0 Å². The normalized spacial score (nSPS) is 12.6. The number of thiazole rings is 1. The Bertz CT molecular complexity index is 527. The molecular weight excluding hydrogens is 276 g/mol. The molecule has 0 aliphatic rings. The molecule has 0 bridgehead atoms. The molecule has 1 N–H and O–H groups in total.